The van der Waals surface area contributed by atoms with Gasteiger partial charge in [-0.15, -0.1) is 0 Å². The summed E-state index contributed by atoms with van der Waals surface area (Å²) >= 11 is 6.08. The average molecular weight is 445 g/mol. The van der Waals surface area contributed by atoms with E-state index in [9.17, 15) is 4.79 Å². The third-order valence-corrected chi connectivity index (χ3v) is 6.40. The molecule has 3 aromatic rings. The summed E-state index contributed by atoms with van der Waals surface area (Å²) in [4.78, 5) is 13.6. The zero-order valence-corrected chi connectivity index (χ0v) is 18.7. The molecule has 3 aromatic carbocycles. The standard InChI is InChI=1S/C27H25ClN2O2/c1-2-32-21-7-5-6-18(14-21)27-26-24(29-22-8-3-4-9-23(22)30-27)15-19(16-25(26)31)17-10-12-20(28)13-11-17/h3-14,19,27,29-30H,2,15-16H2,1H3/t19-,27+/m0/s1. The Morgan fingerprint density at radius 2 is 1.72 bits per heavy atom. The van der Waals surface area contributed by atoms with E-state index in [0.717, 1.165) is 45.9 Å². The number of carbonyl (C=O) groups is 1. The summed E-state index contributed by atoms with van der Waals surface area (Å²) in [5.74, 6) is 1.08. The Labute approximate surface area is 193 Å². The van der Waals surface area contributed by atoms with E-state index in [2.05, 4.69) is 16.7 Å². The number of anilines is 2. The van der Waals surface area contributed by atoms with Gasteiger partial charge in [-0.3, -0.25) is 4.79 Å². The van der Waals surface area contributed by atoms with Gasteiger partial charge in [-0.1, -0.05) is 48.0 Å². The molecule has 2 N–H and O–H groups in total. The van der Waals surface area contributed by atoms with Gasteiger partial charge in [-0.25, -0.2) is 0 Å². The molecule has 0 aromatic heterocycles. The summed E-state index contributed by atoms with van der Waals surface area (Å²) in [6.07, 6.45) is 1.24. The minimum atomic E-state index is -0.250. The third kappa shape index (κ3) is 3.98. The number of fused-ring (bicyclic) bond motifs is 1. The van der Waals surface area contributed by atoms with E-state index >= 15 is 0 Å². The van der Waals surface area contributed by atoms with Crippen LogP contribution in [0.2, 0.25) is 5.02 Å². The Kier molecular flexibility index (Phi) is 5.62. The summed E-state index contributed by atoms with van der Waals surface area (Å²) in [6, 6.07) is 23.7. The lowest BCUT2D eigenvalue weighted by atomic mass is 9.78. The number of halogens is 1. The monoisotopic (exact) mass is 444 g/mol. The van der Waals surface area contributed by atoms with Crippen molar-refractivity contribution in [2.75, 3.05) is 17.2 Å². The van der Waals surface area contributed by atoms with Gasteiger partial charge in [-0.05, 0) is 66.8 Å². The minimum Gasteiger partial charge on any atom is -0.494 e. The molecule has 0 saturated carbocycles. The fourth-order valence-electron chi connectivity index (χ4n) is 4.66. The number of para-hydroxylation sites is 2. The number of allylic oxidation sites excluding steroid dienone is 1. The molecule has 2 aliphatic rings. The van der Waals surface area contributed by atoms with Crippen LogP contribution >= 0.6 is 11.6 Å². The van der Waals surface area contributed by atoms with Crippen LogP contribution in [0.5, 0.6) is 5.75 Å². The SMILES string of the molecule is CCOc1cccc([C@H]2Nc3ccccc3NC3=C2C(=O)C[C@@H](c2ccc(Cl)cc2)C3)c1. The predicted molar refractivity (Wildman–Crippen MR) is 129 cm³/mol. The number of Topliss-reactive ketones (excluding diaryl/α,β-unsaturated/α-hetero) is 1. The summed E-state index contributed by atoms with van der Waals surface area (Å²) in [7, 11) is 0. The van der Waals surface area contributed by atoms with E-state index in [1.807, 2.05) is 73.7 Å². The van der Waals surface area contributed by atoms with Crippen molar-refractivity contribution in [1.29, 1.82) is 0 Å². The van der Waals surface area contributed by atoms with Crippen LogP contribution in [0.3, 0.4) is 0 Å². The van der Waals surface area contributed by atoms with Gasteiger partial charge in [0.15, 0.2) is 5.78 Å². The average Bonchev–Trinajstić information content (AvgIpc) is 2.97. The minimum absolute atomic E-state index is 0.117. The van der Waals surface area contributed by atoms with E-state index in [4.69, 9.17) is 16.3 Å². The molecule has 0 amide bonds. The maximum Gasteiger partial charge on any atom is 0.163 e. The smallest absolute Gasteiger partial charge is 0.163 e. The molecule has 1 aliphatic carbocycles. The molecule has 5 heteroatoms. The van der Waals surface area contributed by atoms with Gasteiger partial charge in [0.1, 0.15) is 5.75 Å². The Morgan fingerprint density at radius 1 is 0.938 bits per heavy atom. The lowest BCUT2D eigenvalue weighted by molar-refractivity contribution is -0.116. The maximum absolute atomic E-state index is 13.6. The maximum atomic E-state index is 13.6. The van der Waals surface area contributed by atoms with Gasteiger partial charge in [-0.2, -0.15) is 0 Å². The van der Waals surface area contributed by atoms with Gasteiger partial charge in [0.25, 0.3) is 0 Å². The van der Waals surface area contributed by atoms with Crippen molar-refractivity contribution in [3.63, 3.8) is 0 Å². The molecule has 32 heavy (non-hydrogen) atoms. The third-order valence-electron chi connectivity index (χ3n) is 6.15. The molecule has 1 heterocycles. The molecule has 0 bridgehead atoms. The molecule has 0 fully saturated rings. The number of ketones is 1. The number of ether oxygens (including phenoxy) is 1. The Bertz CT molecular complexity index is 1190. The van der Waals surface area contributed by atoms with Gasteiger partial charge < -0.3 is 15.4 Å². The molecule has 4 nitrogen and oxygen atoms in total. The number of nitrogens with one attached hydrogen (secondary N) is 2. The highest BCUT2D eigenvalue weighted by Crippen LogP contribution is 2.44. The second-order valence-electron chi connectivity index (χ2n) is 8.23. The molecule has 0 saturated heterocycles. The number of hydrogen-bond acceptors (Lipinski definition) is 4. The van der Waals surface area contributed by atoms with Gasteiger partial charge >= 0.3 is 0 Å². The van der Waals surface area contributed by atoms with Gasteiger partial charge in [0, 0.05) is 22.7 Å². The molecule has 1 aliphatic heterocycles. The Hall–Kier alpha value is -3.24. The van der Waals surface area contributed by atoms with Gasteiger partial charge in [0.05, 0.1) is 24.0 Å². The zero-order valence-electron chi connectivity index (χ0n) is 17.9. The molecule has 0 radical (unpaired) electrons. The fraction of sp³-hybridized carbons (Fsp3) is 0.222. The lowest BCUT2D eigenvalue weighted by Gasteiger charge is -2.30. The molecule has 0 unspecified atom stereocenters. The van der Waals surface area contributed by atoms with Crippen molar-refractivity contribution >= 4 is 28.8 Å². The van der Waals surface area contributed by atoms with Crippen LogP contribution < -0.4 is 15.4 Å². The molecule has 2 atom stereocenters. The second kappa shape index (κ2) is 8.71. The van der Waals surface area contributed by atoms with Crippen molar-refractivity contribution in [3.05, 3.63) is 100 Å². The van der Waals surface area contributed by atoms with Crippen molar-refractivity contribution in [1.82, 2.24) is 0 Å². The van der Waals surface area contributed by atoms with Crippen LogP contribution in [0, 0.1) is 0 Å². The Balaban J connectivity index is 1.59. The number of carbonyl (C=O) groups excluding carboxylic acids is 1. The molecule has 0 spiro atoms. The fourth-order valence-corrected chi connectivity index (χ4v) is 4.79. The van der Waals surface area contributed by atoms with Crippen LogP contribution in [-0.4, -0.2) is 12.4 Å². The summed E-state index contributed by atoms with van der Waals surface area (Å²) < 4.78 is 5.73. The highest BCUT2D eigenvalue weighted by Gasteiger charge is 2.36. The normalized spacial score (nSPS) is 19.9. The first-order valence-electron chi connectivity index (χ1n) is 11.0. The summed E-state index contributed by atoms with van der Waals surface area (Å²) in [5.41, 5.74) is 5.89. The first kappa shape index (κ1) is 20.7. The van der Waals surface area contributed by atoms with Crippen LogP contribution in [0.25, 0.3) is 0 Å². The quantitative estimate of drug-likeness (QED) is 0.469. The second-order valence-corrected chi connectivity index (χ2v) is 8.66. The van der Waals surface area contributed by atoms with Crippen LogP contribution in [0.4, 0.5) is 11.4 Å². The van der Waals surface area contributed by atoms with E-state index in [1.54, 1.807) is 0 Å². The number of hydrogen-bond donors (Lipinski definition) is 2. The van der Waals surface area contributed by atoms with Gasteiger partial charge in [0.2, 0.25) is 0 Å². The molecule has 162 valence electrons. The molecule has 5 rings (SSSR count). The predicted octanol–water partition coefficient (Wildman–Crippen LogP) is 6.72. The lowest BCUT2D eigenvalue weighted by Crippen LogP contribution is -2.26. The van der Waals surface area contributed by atoms with Crippen molar-refractivity contribution in [2.45, 2.75) is 31.7 Å². The molecular formula is C27H25ClN2O2. The topological polar surface area (TPSA) is 50.4 Å². The van der Waals surface area contributed by atoms with E-state index in [1.165, 1.54) is 0 Å². The zero-order chi connectivity index (χ0) is 22.1. The summed E-state index contributed by atoms with van der Waals surface area (Å²) in [5, 5.41) is 7.91. The van der Waals surface area contributed by atoms with Crippen LogP contribution in [0.15, 0.2) is 84.1 Å². The first-order chi connectivity index (χ1) is 15.6. The highest BCUT2D eigenvalue weighted by molar-refractivity contribution is 6.30. The summed E-state index contributed by atoms with van der Waals surface area (Å²) in [6.45, 7) is 2.57. The first-order valence-corrected chi connectivity index (χ1v) is 11.4. The van der Waals surface area contributed by atoms with Crippen molar-refractivity contribution in [2.24, 2.45) is 0 Å². The van der Waals surface area contributed by atoms with Crippen LogP contribution in [0.1, 0.15) is 42.9 Å². The van der Waals surface area contributed by atoms with Crippen molar-refractivity contribution in [3.8, 4) is 5.75 Å². The van der Waals surface area contributed by atoms with E-state index in [0.29, 0.717) is 18.1 Å². The number of benzene rings is 3. The Morgan fingerprint density at radius 3 is 2.50 bits per heavy atom. The highest BCUT2D eigenvalue weighted by atomic mass is 35.5. The van der Waals surface area contributed by atoms with E-state index in [-0.39, 0.29) is 17.7 Å². The largest absolute Gasteiger partial charge is 0.494 e. The number of rotatable bonds is 4. The van der Waals surface area contributed by atoms with Crippen molar-refractivity contribution < 1.29 is 9.53 Å². The van der Waals surface area contributed by atoms with Crippen LogP contribution in [-0.2, 0) is 4.79 Å². The molecular weight excluding hydrogens is 420 g/mol. The van der Waals surface area contributed by atoms with E-state index < -0.39 is 0 Å².